The summed E-state index contributed by atoms with van der Waals surface area (Å²) < 4.78 is 12.1. The molecule has 2 aromatic heterocycles. The van der Waals surface area contributed by atoms with Crippen LogP contribution in [0.1, 0.15) is 40.3 Å². The van der Waals surface area contributed by atoms with Gasteiger partial charge in [-0.3, -0.25) is 10.1 Å². The van der Waals surface area contributed by atoms with E-state index in [0.29, 0.717) is 21.7 Å². The monoisotopic (exact) mass is 428 g/mol. The molecule has 1 aromatic carbocycles. The molecule has 0 unspecified atom stereocenters. The number of esters is 2. The first-order valence-electron chi connectivity index (χ1n) is 9.31. The molecule has 0 aliphatic rings. The van der Waals surface area contributed by atoms with Crippen LogP contribution >= 0.6 is 11.8 Å². The van der Waals surface area contributed by atoms with Crippen molar-refractivity contribution >= 4 is 34.9 Å². The van der Waals surface area contributed by atoms with Gasteiger partial charge in [-0.05, 0) is 31.5 Å². The minimum atomic E-state index is -0.541. The summed E-state index contributed by atoms with van der Waals surface area (Å²) in [5.41, 5.74) is 1.91. The first-order valence-corrected chi connectivity index (χ1v) is 10.3. The molecule has 0 saturated heterocycles. The third kappa shape index (κ3) is 4.30. The molecule has 0 bridgehead atoms. The molecule has 8 nitrogen and oxygen atoms in total. The Balaban J connectivity index is 2.06. The van der Waals surface area contributed by atoms with Gasteiger partial charge < -0.3 is 13.9 Å². The first-order chi connectivity index (χ1) is 14.5. The third-order valence-electron chi connectivity index (χ3n) is 4.28. The predicted molar refractivity (Wildman–Crippen MR) is 112 cm³/mol. The number of hydrogen-bond acceptors (Lipinski definition) is 7. The number of non-ortho nitro benzene ring substituents is 1. The van der Waals surface area contributed by atoms with Gasteiger partial charge in [0.15, 0.2) is 0 Å². The van der Waals surface area contributed by atoms with Crippen LogP contribution in [-0.2, 0) is 15.2 Å². The zero-order valence-corrected chi connectivity index (χ0v) is 17.3. The van der Waals surface area contributed by atoms with Gasteiger partial charge in [0.2, 0.25) is 0 Å². The Bertz CT molecular complexity index is 1040. The molecule has 0 atom stereocenters. The number of carbonyl (C=O) groups excluding carboxylic acids is 2. The van der Waals surface area contributed by atoms with E-state index in [4.69, 9.17) is 9.47 Å². The molecule has 156 valence electrons. The molecular formula is C21H20N2O6S. The normalized spacial score (nSPS) is 10.7. The van der Waals surface area contributed by atoms with E-state index < -0.39 is 16.9 Å². The number of ether oxygens (including phenoxy) is 2. The van der Waals surface area contributed by atoms with E-state index in [1.807, 2.05) is 0 Å². The van der Waals surface area contributed by atoms with Crippen LogP contribution < -0.4 is 0 Å². The van der Waals surface area contributed by atoms with E-state index in [2.05, 4.69) is 0 Å². The molecule has 0 aliphatic carbocycles. The van der Waals surface area contributed by atoms with Gasteiger partial charge >= 0.3 is 11.9 Å². The maximum atomic E-state index is 12.7. The lowest BCUT2D eigenvalue weighted by atomic mass is 10.2. The van der Waals surface area contributed by atoms with Gasteiger partial charge in [0.1, 0.15) is 5.69 Å². The highest BCUT2D eigenvalue weighted by Gasteiger charge is 2.29. The highest BCUT2D eigenvalue weighted by molar-refractivity contribution is 7.98. The smallest absolute Gasteiger partial charge is 0.356 e. The van der Waals surface area contributed by atoms with Gasteiger partial charge in [0.25, 0.3) is 5.69 Å². The molecule has 2 heterocycles. The Morgan fingerprint density at radius 1 is 1.03 bits per heavy atom. The number of hydrogen-bond donors (Lipinski definition) is 0. The lowest BCUT2D eigenvalue weighted by Gasteiger charge is -2.08. The molecule has 0 amide bonds. The van der Waals surface area contributed by atoms with Crippen molar-refractivity contribution < 1.29 is 24.0 Å². The van der Waals surface area contributed by atoms with Gasteiger partial charge in [-0.25, -0.2) is 9.59 Å². The molecule has 0 N–H and O–H groups in total. The summed E-state index contributed by atoms with van der Waals surface area (Å²) in [6.07, 6.45) is 1.69. The van der Waals surface area contributed by atoms with Crippen LogP contribution in [0.4, 0.5) is 5.69 Å². The fourth-order valence-electron chi connectivity index (χ4n) is 2.99. The highest BCUT2D eigenvalue weighted by Crippen LogP contribution is 2.36. The third-order valence-corrected chi connectivity index (χ3v) is 5.44. The maximum absolute atomic E-state index is 12.7. The molecule has 0 saturated carbocycles. The second kappa shape index (κ2) is 9.45. The van der Waals surface area contributed by atoms with E-state index in [9.17, 15) is 19.7 Å². The van der Waals surface area contributed by atoms with E-state index in [1.54, 1.807) is 54.8 Å². The number of fused-ring (bicyclic) bond motifs is 1. The summed E-state index contributed by atoms with van der Waals surface area (Å²) in [7, 11) is 0. The SMILES string of the molecule is CCOC(=O)c1c(SCc2ccc([N+](=O)[O-])cc2)c(C(=O)OCC)n2ccccc12. The number of pyridine rings is 1. The Morgan fingerprint density at radius 2 is 1.70 bits per heavy atom. The summed E-state index contributed by atoms with van der Waals surface area (Å²) in [5, 5.41) is 10.8. The van der Waals surface area contributed by atoms with Crippen LogP contribution in [0.2, 0.25) is 0 Å². The minimum Gasteiger partial charge on any atom is -0.462 e. The Hall–Kier alpha value is -3.33. The van der Waals surface area contributed by atoms with Crippen LogP contribution in [0.25, 0.3) is 5.52 Å². The first kappa shape index (κ1) is 21.4. The van der Waals surface area contributed by atoms with E-state index in [1.165, 1.54) is 23.9 Å². The average molecular weight is 428 g/mol. The molecule has 9 heteroatoms. The molecule has 0 spiro atoms. The van der Waals surface area contributed by atoms with Crippen molar-refractivity contribution in [1.82, 2.24) is 4.40 Å². The van der Waals surface area contributed by atoms with Gasteiger partial charge in [0.05, 0.1) is 34.1 Å². The van der Waals surface area contributed by atoms with Crippen molar-refractivity contribution in [3.8, 4) is 0 Å². The molecule has 0 fully saturated rings. The number of nitro benzene ring substituents is 1. The average Bonchev–Trinajstić information content (AvgIpc) is 3.07. The van der Waals surface area contributed by atoms with Crippen molar-refractivity contribution in [3.63, 3.8) is 0 Å². The molecule has 3 rings (SSSR count). The second-order valence-electron chi connectivity index (χ2n) is 6.16. The summed E-state index contributed by atoms with van der Waals surface area (Å²) in [6.45, 7) is 3.82. The molecule has 3 aromatic rings. The second-order valence-corrected chi connectivity index (χ2v) is 7.15. The van der Waals surface area contributed by atoms with E-state index in [0.717, 1.165) is 5.56 Å². The Morgan fingerprint density at radius 3 is 2.33 bits per heavy atom. The van der Waals surface area contributed by atoms with Crippen molar-refractivity contribution in [2.24, 2.45) is 0 Å². The highest BCUT2D eigenvalue weighted by atomic mass is 32.2. The van der Waals surface area contributed by atoms with Crippen molar-refractivity contribution in [1.29, 1.82) is 0 Å². The fourth-order valence-corrected chi connectivity index (χ4v) is 4.14. The van der Waals surface area contributed by atoms with Crippen molar-refractivity contribution in [2.45, 2.75) is 24.5 Å². The molecule has 30 heavy (non-hydrogen) atoms. The van der Waals surface area contributed by atoms with Crippen LogP contribution in [0.3, 0.4) is 0 Å². The number of carbonyl (C=O) groups is 2. The molecule has 0 aliphatic heterocycles. The number of nitro groups is 1. The number of nitrogens with zero attached hydrogens (tertiary/aromatic N) is 2. The predicted octanol–water partition coefficient (Wildman–Crippen LogP) is 4.49. The molecule has 0 radical (unpaired) electrons. The van der Waals surface area contributed by atoms with Gasteiger partial charge in [-0.2, -0.15) is 0 Å². The summed E-state index contributed by atoms with van der Waals surface area (Å²) in [4.78, 5) is 36.3. The standard InChI is InChI=1S/C21H20N2O6S/c1-3-28-20(24)17-16-7-5-6-12-22(16)18(21(25)29-4-2)19(17)30-13-14-8-10-15(11-9-14)23(26)27/h5-12H,3-4,13H2,1-2H3. The maximum Gasteiger partial charge on any atom is 0.356 e. The largest absolute Gasteiger partial charge is 0.462 e. The van der Waals surface area contributed by atoms with E-state index >= 15 is 0 Å². The van der Waals surface area contributed by atoms with Crippen molar-refractivity contribution in [3.05, 3.63) is 75.6 Å². The Labute approximate surface area is 176 Å². The zero-order chi connectivity index (χ0) is 21.7. The van der Waals surface area contributed by atoms with Crippen molar-refractivity contribution in [2.75, 3.05) is 13.2 Å². The number of thioether (sulfide) groups is 1. The number of benzene rings is 1. The molecular weight excluding hydrogens is 408 g/mol. The van der Waals surface area contributed by atoms with E-state index in [-0.39, 0.29) is 24.6 Å². The Kier molecular flexibility index (Phi) is 6.73. The lowest BCUT2D eigenvalue weighted by Crippen LogP contribution is -2.10. The number of rotatable bonds is 8. The summed E-state index contributed by atoms with van der Waals surface area (Å²) in [6, 6.07) is 11.4. The topological polar surface area (TPSA) is 100 Å². The summed E-state index contributed by atoms with van der Waals surface area (Å²) in [5.74, 6) is -0.670. The minimum absolute atomic E-state index is 0.00206. The van der Waals surface area contributed by atoms with Gasteiger partial charge in [0, 0.05) is 24.1 Å². The van der Waals surface area contributed by atoms with Gasteiger partial charge in [-0.1, -0.05) is 18.2 Å². The lowest BCUT2D eigenvalue weighted by molar-refractivity contribution is -0.384. The van der Waals surface area contributed by atoms with Crippen LogP contribution in [0.5, 0.6) is 0 Å². The summed E-state index contributed by atoms with van der Waals surface area (Å²) >= 11 is 1.28. The quantitative estimate of drug-likeness (QED) is 0.225. The van der Waals surface area contributed by atoms with Crippen LogP contribution in [0, 0.1) is 10.1 Å². The zero-order valence-electron chi connectivity index (χ0n) is 16.5. The van der Waals surface area contributed by atoms with Gasteiger partial charge in [-0.15, -0.1) is 11.8 Å². The fraction of sp³-hybridized carbons (Fsp3) is 0.238. The number of aromatic nitrogens is 1. The van der Waals surface area contributed by atoms with Crippen LogP contribution in [0.15, 0.2) is 53.6 Å². The van der Waals surface area contributed by atoms with Crippen LogP contribution in [-0.4, -0.2) is 34.5 Å².